The van der Waals surface area contributed by atoms with Crippen molar-refractivity contribution < 1.29 is 80.2 Å². The van der Waals surface area contributed by atoms with E-state index in [-0.39, 0.29) is 25.7 Å². The van der Waals surface area contributed by atoms with Gasteiger partial charge >= 0.3 is 39.5 Å². The molecule has 0 radical (unpaired) electrons. The molecule has 0 spiro atoms. The maximum atomic E-state index is 12.9. The van der Waals surface area contributed by atoms with Gasteiger partial charge in [0.25, 0.3) is 0 Å². The Kier molecular flexibility index (Phi) is 51.1. The van der Waals surface area contributed by atoms with Gasteiger partial charge in [-0.05, 0) is 49.4 Å². The number of aliphatic hydroxyl groups is 1. The molecule has 0 aromatic heterocycles. The van der Waals surface area contributed by atoms with Gasteiger partial charge in [-0.3, -0.25) is 37.3 Å². The first-order valence-electron chi connectivity index (χ1n) is 32.3. The van der Waals surface area contributed by atoms with Crippen molar-refractivity contribution in [2.75, 3.05) is 39.6 Å². The van der Waals surface area contributed by atoms with Crippen LogP contribution in [0.2, 0.25) is 0 Å². The normalized spacial score (nSPS) is 15.2. The second-order valence-electron chi connectivity index (χ2n) is 23.9. The maximum absolute atomic E-state index is 12.9. The topological polar surface area (TPSA) is 237 Å². The van der Waals surface area contributed by atoms with Crippen molar-refractivity contribution in [3.8, 4) is 0 Å². The highest BCUT2D eigenvalue weighted by Crippen LogP contribution is 2.45. The number of hydrogen-bond donors (Lipinski definition) is 3. The number of rotatable bonds is 59. The minimum Gasteiger partial charge on any atom is -0.462 e. The molecule has 0 fully saturated rings. The van der Waals surface area contributed by atoms with Gasteiger partial charge < -0.3 is 33.8 Å². The van der Waals surface area contributed by atoms with Crippen LogP contribution in [0.25, 0.3) is 0 Å². The number of carbonyl (C=O) groups is 4. The van der Waals surface area contributed by atoms with Crippen molar-refractivity contribution in [1.29, 1.82) is 0 Å². The summed E-state index contributed by atoms with van der Waals surface area (Å²) in [6, 6.07) is 0. The fourth-order valence-corrected chi connectivity index (χ4v) is 10.6. The van der Waals surface area contributed by atoms with Crippen LogP contribution in [-0.4, -0.2) is 96.7 Å². The summed E-state index contributed by atoms with van der Waals surface area (Å²) in [6.45, 7) is 13.9. The van der Waals surface area contributed by atoms with E-state index in [1.807, 2.05) is 0 Å². The molecule has 81 heavy (non-hydrogen) atoms. The third-order valence-electron chi connectivity index (χ3n) is 14.8. The summed E-state index contributed by atoms with van der Waals surface area (Å²) in [5, 5.41) is 10.5. The standard InChI is InChI=1S/C62H120O17P2/c1-9-54(7)40-32-24-15-11-12-16-26-34-42-59(64)72-48-57(78-61(66)44-36-28-20-18-23-31-39-53(5)6)50-76-80(68,69)74-46-56(63)47-75-81(70,71)77-51-58(79-62(67)45-37-29-21-19-25-33-41-55(8)10-2)49-73-60(65)43-35-27-17-13-14-22-30-38-52(3)4/h52-58,63H,9-51H2,1-8H3,(H,68,69)(H,70,71)/t54?,55?,56?,57-,58-/m1/s1. The molecule has 5 unspecified atom stereocenters. The van der Waals surface area contributed by atoms with Crippen LogP contribution in [0.15, 0.2) is 0 Å². The summed E-state index contributed by atoms with van der Waals surface area (Å²) in [6.07, 6.45) is 31.0. The van der Waals surface area contributed by atoms with Crippen molar-refractivity contribution in [3.63, 3.8) is 0 Å². The molecule has 0 aromatic rings. The predicted molar refractivity (Wildman–Crippen MR) is 321 cm³/mol. The Balaban J connectivity index is 5.25. The first kappa shape index (κ1) is 79.1. The zero-order chi connectivity index (χ0) is 60.4. The monoisotopic (exact) mass is 1200 g/mol. The van der Waals surface area contributed by atoms with Gasteiger partial charge in [0, 0.05) is 25.7 Å². The molecule has 0 amide bonds. The van der Waals surface area contributed by atoms with Crippen molar-refractivity contribution in [2.45, 2.75) is 311 Å². The molecular formula is C62H120O17P2. The van der Waals surface area contributed by atoms with E-state index < -0.39 is 97.5 Å². The Morgan fingerprint density at radius 3 is 0.877 bits per heavy atom. The van der Waals surface area contributed by atoms with Crippen molar-refractivity contribution in [1.82, 2.24) is 0 Å². The summed E-state index contributed by atoms with van der Waals surface area (Å²) in [4.78, 5) is 72.1. The Hall–Kier alpha value is -1.94. The highest BCUT2D eigenvalue weighted by atomic mass is 31.2. The van der Waals surface area contributed by atoms with E-state index in [0.29, 0.717) is 37.5 Å². The minimum absolute atomic E-state index is 0.101. The number of carbonyl (C=O) groups excluding carboxylic acids is 4. The van der Waals surface area contributed by atoms with Gasteiger partial charge in [0.2, 0.25) is 0 Å². The van der Waals surface area contributed by atoms with Crippen molar-refractivity contribution in [2.24, 2.45) is 23.7 Å². The molecule has 0 saturated heterocycles. The van der Waals surface area contributed by atoms with Crippen LogP contribution in [-0.2, 0) is 65.4 Å². The molecule has 0 bridgehead atoms. The number of hydrogen-bond acceptors (Lipinski definition) is 15. The first-order valence-corrected chi connectivity index (χ1v) is 35.3. The average Bonchev–Trinajstić information content (AvgIpc) is 3.42. The Labute approximate surface area is 492 Å². The van der Waals surface area contributed by atoms with E-state index in [9.17, 15) is 43.2 Å². The van der Waals surface area contributed by atoms with Gasteiger partial charge in [-0.2, -0.15) is 0 Å². The van der Waals surface area contributed by atoms with Gasteiger partial charge in [-0.15, -0.1) is 0 Å². The summed E-state index contributed by atoms with van der Waals surface area (Å²) < 4.78 is 67.8. The average molecular weight is 1200 g/mol. The van der Waals surface area contributed by atoms with Crippen LogP contribution in [0, 0.1) is 23.7 Å². The number of aliphatic hydroxyl groups excluding tert-OH is 1. The highest BCUT2D eigenvalue weighted by molar-refractivity contribution is 7.47. The van der Waals surface area contributed by atoms with Crippen LogP contribution < -0.4 is 0 Å². The second kappa shape index (κ2) is 52.4. The van der Waals surface area contributed by atoms with Gasteiger partial charge in [-0.1, -0.05) is 242 Å². The fraction of sp³-hybridized carbons (Fsp3) is 0.935. The number of phosphoric acid groups is 2. The van der Waals surface area contributed by atoms with Crippen LogP contribution in [0.3, 0.4) is 0 Å². The highest BCUT2D eigenvalue weighted by Gasteiger charge is 2.30. The van der Waals surface area contributed by atoms with Gasteiger partial charge in [-0.25, -0.2) is 9.13 Å². The molecule has 0 heterocycles. The summed E-state index contributed by atoms with van der Waals surface area (Å²) in [5.74, 6) is 0.724. The molecule has 17 nitrogen and oxygen atoms in total. The van der Waals surface area contributed by atoms with Crippen molar-refractivity contribution >= 4 is 39.5 Å². The molecule has 0 aliphatic heterocycles. The SMILES string of the molecule is CCC(C)CCCCCCCCCCC(=O)OC[C@H](COP(=O)(O)OCC(O)COP(=O)(O)OC[C@@H](COC(=O)CCCCCCCCCC(C)C)OC(=O)CCCCCCCCC(C)CC)OC(=O)CCCCCCCCC(C)C. The lowest BCUT2D eigenvalue weighted by Crippen LogP contribution is -2.30. The number of phosphoric ester groups is 2. The zero-order valence-electron chi connectivity index (χ0n) is 52.4. The van der Waals surface area contributed by atoms with Crippen LogP contribution in [0.5, 0.6) is 0 Å². The van der Waals surface area contributed by atoms with Gasteiger partial charge in [0.05, 0.1) is 26.4 Å². The smallest absolute Gasteiger partial charge is 0.462 e. The molecule has 0 aromatic carbocycles. The molecule has 0 aliphatic carbocycles. The molecule has 0 rings (SSSR count). The van der Waals surface area contributed by atoms with E-state index in [0.717, 1.165) is 108 Å². The van der Waals surface area contributed by atoms with Crippen LogP contribution in [0.1, 0.15) is 293 Å². The van der Waals surface area contributed by atoms with E-state index in [1.54, 1.807) is 0 Å². The Morgan fingerprint density at radius 1 is 0.346 bits per heavy atom. The van der Waals surface area contributed by atoms with E-state index in [2.05, 4.69) is 55.4 Å². The molecule has 3 N–H and O–H groups in total. The van der Waals surface area contributed by atoms with Gasteiger partial charge in [0.1, 0.15) is 19.3 Å². The molecular weight excluding hydrogens is 1080 g/mol. The summed E-state index contributed by atoms with van der Waals surface area (Å²) in [7, 11) is -9.88. The molecule has 0 saturated carbocycles. The lowest BCUT2D eigenvalue weighted by molar-refractivity contribution is -0.161. The Morgan fingerprint density at radius 2 is 0.593 bits per heavy atom. The predicted octanol–water partition coefficient (Wildman–Crippen LogP) is 16.6. The third-order valence-corrected chi connectivity index (χ3v) is 16.7. The van der Waals surface area contributed by atoms with Gasteiger partial charge in [0.15, 0.2) is 12.2 Å². The first-order chi connectivity index (χ1) is 38.7. The van der Waals surface area contributed by atoms with Crippen molar-refractivity contribution in [3.05, 3.63) is 0 Å². The Bertz CT molecular complexity index is 1630. The molecule has 480 valence electrons. The lowest BCUT2D eigenvalue weighted by Gasteiger charge is -2.21. The maximum Gasteiger partial charge on any atom is 0.472 e. The lowest BCUT2D eigenvalue weighted by atomic mass is 9.99. The number of esters is 4. The minimum atomic E-state index is -4.94. The number of ether oxygens (including phenoxy) is 4. The molecule has 0 aliphatic rings. The van der Waals surface area contributed by atoms with Crippen LogP contribution >= 0.6 is 15.6 Å². The molecule has 19 heteroatoms. The quantitative estimate of drug-likeness (QED) is 0.0222. The summed E-state index contributed by atoms with van der Waals surface area (Å²) >= 11 is 0. The van der Waals surface area contributed by atoms with Crippen LogP contribution in [0.4, 0.5) is 0 Å². The summed E-state index contributed by atoms with van der Waals surface area (Å²) in [5.41, 5.74) is 0. The van der Waals surface area contributed by atoms with E-state index in [4.69, 9.17) is 37.0 Å². The molecule has 7 atom stereocenters. The van der Waals surface area contributed by atoms with E-state index in [1.165, 1.54) is 89.9 Å². The van der Waals surface area contributed by atoms with E-state index >= 15 is 0 Å². The zero-order valence-corrected chi connectivity index (χ0v) is 54.2. The largest absolute Gasteiger partial charge is 0.472 e. The number of unbranched alkanes of at least 4 members (excludes halogenated alkanes) is 23. The fourth-order valence-electron chi connectivity index (χ4n) is 9.01. The third kappa shape index (κ3) is 54.5. The second-order valence-corrected chi connectivity index (χ2v) is 26.8.